The predicted molar refractivity (Wildman–Crippen MR) is 88.4 cm³/mol. The van der Waals surface area contributed by atoms with Gasteiger partial charge in [-0.3, -0.25) is 4.79 Å². The van der Waals surface area contributed by atoms with Gasteiger partial charge in [0.05, 0.1) is 36.8 Å². The van der Waals surface area contributed by atoms with Crippen LogP contribution < -0.4 is 5.32 Å². The molecule has 0 unspecified atom stereocenters. The minimum Gasteiger partial charge on any atom is -0.465 e. The highest BCUT2D eigenvalue weighted by Gasteiger charge is 2.17. The van der Waals surface area contributed by atoms with Gasteiger partial charge in [0.2, 0.25) is 5.91 Å². The molecule has 8 nitrogen and oxygen atoms in total. The van der Waals surface area contributed by atoms with Crippen LogP contribution in [0.5, 0.6) is 0 Å². The molecule has 0 saturated carbocycles. The first kappa shape index (κ1) is 17.9. The average molecular weight is 367 g/mol. The molecule has 0 saturated heterocycles. The van der Waals surface area contributed by atoms with Crippen LogP contribution in [0.15, 0.2) is 28.0 Å². The van der Waals surface area contributed by atoms with E-state index >= 15 is 0 Å². The molecule has 0 aliphatic rings. The summed E-state index contributed by atoms with van der Waals surface area (Å²) in [4.78, 5) is 35.5. The number of nitrogens with zero attached hydrogens (tertiary/aromatic N) is 2. The first-order chi connectivity index (χ1) is 11.5. The summed E-state index contributed by atoms with van der Waals surface area (Å²) in [6, 6.07) is 4.18. The normalized spacial score (nSPS) is 10.1. The van der Waals surface area contributed by atoms with Crippen LogP contribution in [0.4, 0.5) is 5.69 Å². The smallest absolute Gasteiger partial charge is 0.339 e. The molecule has 0 aliphatic heterocycles. The molecule has 0 atom stereocenters. The standard InChI is InChI=1S/C14H13N3O5S2/c1-21-12(19)8-3-4-9(13(20)22-2)10(5-8)16-11(18)6-23-14-17-15-7-24-14/h3-5,7H,6H2,1-2H3,(H,16,18). The SMILES string of the molecule is COC(=O)c1ccc(C(=O)OC)c(NC(=O)CSc2nncs2)c1. The molecule has 24 heavy (non-hydrogen) atoms. The lowest BCUT2D eigenvalue weighted by atomic mass is 10.1. The summed E-state index contributed by atoms with van der Waals surface area (Å²) in [5.41, 5.74) is 2.08. The summed E-state index contributed by atoms with van der Waals surface area (Å²) in [5, 5.41) is 10.1. The lowest BCUT2D eigenvalue weighted by molar-refractivity contribution is -0.113. The van der Waals surface area contributed by atoms with Gasteiger partial charge in [0.25, 0.3) is 0 Å². The Bertz CT molecular complexity index is 749. The molecule has 2 aromatic rings. The highest BCUT2D eigenvalue weighted by Crippen LogP contribution is 2.22. The fraction of sp³-hybridized carbons (Fsp3) is 0.214. The molecule has 1 N–H and O–H groups in total. The maximum absolute atomic E-state index is 12.1. The third kappa shape index (κ3) is 4.52. The van der Waals surface area contributed by atoms with Crippen LogP contribution in [0, 0.1) is 0 Å². The van der Waals surface area contributed by atoms with E-state index in [-0.39, 0.29) is 28.5 Å². The quantitative estimate of drug-likeness (QED) is 0.609. The van der Waals surface area contributed by atoms with Crippen LogP contribution in [-0.2, 0) is 14.3 Å². The Kier molecular flexibility index (Phi) is 6.27. The largest absolute Gasteiger partial charge is 0.465 e. The van der Waals surface area contributed by atoms with Crippen molar-refractivity contribution in [3.8, 4) is 0 Å². The molecule has 0 radical (unpaired) electrons. The van der Waals surface area contributed by atoms with Crippen molar-refractivity contribution in [2.45, 2.75) is 4.34 Å². The van der Waals surface area contributed by atoms with Crippen LogP contribution in [0.3, 0.4) is 0 Å². The number of hydrogen-bond donors (Lipinski definition) is 1. The van der Waals surface area contributed by atoms with Gasteiger partial charge < -0.3 is 14.8 Å². The van der Waals surface area contributed by atoms with Crippen molar-refractivity contribution in [3.05, 3.63) is 34.8 Å². The number of esters is 2. The molecular weight excluding hydrogens is 354 g/mol. The van der Waals surface area contributed by atoms with Crippen LogP contribution >= 0.6 is 23.1 Å². The number of aromatic nitrogens is 2. The second kappa shape index (κ2) is 8.41. The van der Waals surface area contributed by atoms with E-state index in [4.69, 9.17) is 0 Å². The van der Waals surface area contributed by atoms with Crippen molar-refractivity contribution in [1.29, 1.82) is 0 Å². The molecule has 0 spiro atoms. The van der Waals surface area contributed by atoms with Gasteiger partial charge in [-0.2, -0.15) is 0 Å². The molecule has 0 aliphatic carbocycles. The lowest BCUT2D eigenvalue weighted by Crippen LogP contribution is -2.18. The summed E-state index contributed by atoms with van der Waals surface area (Å²) >= 11 is 2.53. The minimum absolute atomic E-state index is 0.0816. The predicted octanol–water partition coefficient (Wildman–Crippen LogP) is 1.84. The molecule has 2 rings (SSSR count). The number of amides is 1. The summed E-state index contributed by atoms with van der Waals surface area (Å²) in [6.45, 7) is 0. The topological polar surface area (TPSA) is 107 Å². The molecule has 0 bridgehead atoms. The van der Waals surface area contributed by atoms with Gasteiger partial charge in [-0.1, -0.05) is 23.1 Å². The van der Waals surface area contributed by atoms with Crippen molar-refractivity contribution in [3.63, 3.8) is 0 Å². The number of nitrogens with one attached hydrogen (secondary N) is 1. The molecule has 126 valence electrons. The van der Waals surface area contributed by atoms with E-state index in [9.17, 15) is 14.4 Å². The van der Waals surface area contributed by atoms with Gasteiger partial charge in [0.15, 0.2) is 4.34 Å². The van der Waals surface area contributed by atoms with E-state index in [0.29, 0.717) is 4.34 Å². The zero-order valence-electron chi connectivity index (χ0n) is 12.8. The van der Waals surface area contributed by atoms with Crippen molar-refractivity contribution in [2.24, 2.45) is 0 Å². The van der Waals surface area contributed by atoms with Crippen LogP contribution in [0.1, 0.15) is 20.7 Å². The van der Waals surface area contributed by atoms with Crippen molar-refractivity contribution in [1.82, 2.24) is 10.2 Å². The van der Waals surface area contributed by atoms with E-state index < -0.39 is 11.9 Å². The van der Waals surface area contributed by atoms with Crippen molar-refractivity contribution >= 4 is 46.6 Å². The third-order valence-electron chi connectivity index (χ3n) is 2.79. The Balaban J connectivity index is 2.16. The van der Waals surface area contributed by atoms with Gasteiger partial charge in [-0.25, -0.2) is 9.59 Å². The second-order valence-electron chi connectivity index (χ2n) is 4.29. The Hall–Kier alpha value is -2.46. The maximum Gasteiger partial charge on any atom is 0.339 e. The molecule has 0 fully saturated rings. The highest BCUT2D eigenvalue weighted by atomic mass is 32.2. The van der Waals surface area contributed by atoms with E-state index in [1.807, 2.05) is 0 Å². The molecule has 1 amide bonds. The van der Waals surface area contributed by atoms with Crippen LogP contribution in [-0.4, -0.2) is 48.0 Å². The summed E-state index contributed by atoms with van der Waals surface area (Å²) in [7, 11) is 2.47. The highest BCUT2D eigenvalue weighted by molar-refractivity contribution is 8.01. The fourth-order valence-electron chi connectivity index (χ4n) is 1.72. The zero-order valence-corrected chi connectivity index (χ0v) is 14.4. The molecule has 10 heteroatoms. The average Bonchev–Trinajstić information content (AvgIpc) is 3.12. The van der Waals surface area contributed by atoms with E-state index in [0.717, 1.165) is 0 Å². The summed E-state index contributed by atoms with van der Waals surface area (Å²) in [6.07, 6.45) is 0. The van der Waals surface area contributed by atoms with Gasteiger partial charge in [-0.05, 0) is 18.2 Å². The maximum atomic E-state index is 12.1. The second-order valence-corrected chi connectivity index (χ2v) is 6.34. The fourth-order valence-corrected chi connectivity index (χ4v) is 3.01. The van der Waals surface area contributed by atoms with E-state index in [2.05, 4.69) is 25.0 Å². The number of ether oxygens (including phenoxy) is 2. The lowest BCUT2D eigenvalue weighted by Gasteiger charge is -2.11. The number of benzene rings is 1. The first-order valence-electron chi connectivity index (χ1n) is 6.54. The van der Waals surface area contributed by atoms with Gasteiger partial charge in [0.1, 0.15) is 5.51 Å². The monoisotopic (exact) mass is 367 g/mol. The van der Waals surface area contributed by atoms with Crippen LogP contribution in [0.25, 0.3) is 0 Å². The summed E-state index contributed by atoms with van der Waals surface area (Å²) < 4.78 is 9.96. The Labute approximate surface area is 145 Å². The summed E-state index contributed by atoms with van der Waals surface area (Å²) in [5.74, 6) is -1.48. The molecule has 1 aromatic carbocycles. The first-order valence-corrected chi connectivity index (χ1v) is 8.41. The number of thioether (sulfide) groups is 1. The van der Waals surface area contributed by atoms with Gasteiger partial charge >= 0.3 is 11.9 Å². The van der Waals surface area contributed by atoms with E-state index in [1.54, 1.807) is 5.51 Å². The number of anilines is 1. The Morgan fingerprint density at radius 2 is 1.96 bits per heavy atom. The van der Waals surface area contributed by atoms with E-state index in [1.165, 1.54) is 55.5 Å². The minimum atomic E-state index is -0.626. The zero-order chi connectivity index (χ0) is 17.5. The molecule has 1 aromatic heterocycles. The van der Waals surface area contributed by atoms with Gasteiger partial charge in [-0.15, -0.1) is 10.2 Å². The Morgan fingerprint density at radius 1 is 1.21 bits per heavy atom. The molecular formula is C14H13N3O5S2. The molecule has 1 heterocycles. The number of methoxy groups -OCH3 is 2. The Morgan fingerprint density at radius 3 is 2.58 bits per heavy atom. The van der Waals surface area contributed by atoms with Crippen molar-refractivity contribution in [2.75, 3.05) is 25.3 Å². The third-order valence-corrected chi connectivity index (χ3v) is 4.65. The van der Waals surface area contributed by atoms with Crippen LogP contribution in [0.2, 0.25) is 0 Å². The number of rotatable bonds is 6. The van der Waals surface area contributed by atoms with Crippen molar-refractivity contribution < 1.29 is 23.9 Å². The number of hydrogen-bond acceptors (Lipinski definition) is 9. The number of carbonyl (C=O) groups excluding carboxylic acids is 3. The number of carbonyl (C=O) groups is 3. The van der Waals surface area contributed by atoms with Gasteiger partial charge in [0, 0.05) is 0 Å².